The second kappa shape index (κ2) is 5.72. The molecular weight excluding hydrogens is 176 g/mol. The third-order valence-electron chi connectivity index (χ3n) is 2.25. The van der Waals surface area contributed by atoms with Crippen LogP contribution in [0.5, 0.6) is 0 Å². The lowest BCUT2D eigenvalue weighted by molar-refractivity contribution is -0.0446. The molecule has 0 fully saturated rings. The van der Waals surface area contributed by atoms with E-state index in [1.807, 2.05) is 0 Å². The number of methoxy groups -OCH3 is 1. The van der Waals surface area contributed by atoms with Gasteiger partial charge in [0.05, 0.1) is 5.60 Å². The summed E-state index contributed by atoms with van der Waals surface area (Å²) in [6.07, 6.45) is 2.05. The van der Waals surface area contributed by atoms with Crippen molar-refractivity contribution in [3.05, 3.63) is 0 Å². The highest BCUT2D eigenvalue weighted by Gasteiger charge is 2.19. The molecule has 0 radical (unpaired) electrons. The molecule has 0 N–H and O–H groups in total. The molecule has 0 saturated carbocycles. The molecule has 0 aromatic heterocycles. The Kier molecular flexibility index (Phi) is 5.68. The zero-order valence-electron chi connectivity index (χ0n) is 10.6. The fourth-order valence-electron chi connectivity index (χ4n) is 1.05. The van der Waals surface area contributed by atoms with Crippen molar-refractivity contribution in [2.75, 3.05) is 20.3 Å². The van der Waals surface area contributed by atoms with Crippen LogP contribution in [-0.4, -0.2) is 25.9 Å². The molecular formula is C12H26O2. The summed E-state index contributed by atoms with van der Waals surface area (Å²) in [7, 11) is 1.73. The normalized spacial score (nSPS) is 13.3. The topological polar surface area (TPSA) is 18.5 Å². The van der Waals surface area contributed by atoms with Crippen LogP contribution in [0.1, 0.15) is 47.5 Å². The van der Waals surface area contributed by atoms with Crippen LogP contribution in [0.15, 0.2) is 0 Å². The number of rotatable bonds is 6. The zero-order chi connectivity index (χ0) is 11.2. The molecule has 0 amide bonds. The van der Waals surface area contributed by atoms with E-state index in [9.17, 15) is 0 Å². The first-order valence-corrected chi connectivity index (χ1v) is 5.40. The van der Waals surface area contributed by atoms with Crippen molar-refractivity contribution in [2.24, 2.45) is 5.41 Å². The molecule has 0 heterocycles. The predicted molar refractivity (Wildman–Crippen MR) is 60.6 cm³/mol. The smallest absolute Gasteiger partial charge is 0.0648 e. The fourth-order valence-corrected chi connectivity index (χ4v) is 1.05. The second-order valence-corrected chi connectivity index (χ2v) is 5.66. The van der Waals surface area contributed by atoms with Crippen molar-refractivity contribution in [3.8, 4) is 0 Å². The van der Waals surface area contributed by atoms with Gasteiger partial charge in [0.25, 0.3) is 0 Å². The summed E-state index contributed by atoms with van der Waals surface area (Å²) in [5, 5.41) is 0. The minimum atomic E-state index is -0.0543. The zero-order valence-corrected chi connectivity index (χ0v) is 10.6. The molecule has 0 spiro atoms. The number of ether oxygens (including phenoxy) is 2. The van der Waals surface area contributed by atoms with Crippen LogP contribution in [0.3, 0.4) is 0 Å². The van der Waals surface area contributed by atoms with Crippen LogP contribution in [-0.2, 0) is 9.47 Å². The molecule has 0 unspecified atom stereocenters. The maximum atomic E-state index is 5.83. The van der Waals surface area contributed by atoms with E-state index in [1.54, 1.807) is 7.11 Å². The van der Waals surface area contributed by atoms with Crippen molar-refractivity contribution >= 4 is 0 Å². The van der Waals surface area contributed by atoms with Gasteiger partial charge in [0.15, 0.2) is 0 Å². The first-order chi connectivity index (χ1) is 6.27. The Balaban J connectivity index is 3.65. The number of hydrogen-bond donors (Lipinski definition) is 0. The first kappa shape index (κ1) is 13.9. The van der Waals surface area contributed by atoms with Gasteiger partial charge in [-0.1, -0.05) is 20.8 Å². The van der Waals surface area contributed by atoms with Gasteiger partial charge in [-0.3, -0.25) is 0 Å². The molecule has 0 saturated heterocycles. The number of hydrogen-bond acceptors (Lipinski definition) is 2. The molecule has 0 aliphatic rings. The minimum absolute atomic E-state index is 0.0543. The van der Waals surface area contributed by atoms with Gasteiger partial charge in [-0.05, 0) is 32.1 Å². The van der Waals surface area contributed by atoms with Crippen molar-refractivity contribution in [3.63, 3.8) is 0 Å². The third kappa shape index (κ3) is 8.52. The lowest BCUT2D eigenvalue weighted by Gasteiger charge is -2.27. The van der Waals surface area contributed by atoms with Crippen molar-refractivity contribution < 1.29 is 9.47 Å². The molecule has 0 aromatic rings. The van der Waals surface area contributed by atoms with Crippen LogP contribution in [0.2, 0.25) is 0 Å². The summed E-state index contributed by atoms with van der Waals surface area (Å²) >= 11 is 0. The van der Waals surface area contributed by atoms with Crippen LogP contribution in [0.4, 0.5) is 0 Å². The maximum Gasteiger partial charge on any atom is 0.0648 e. The van der Waals surface area contributed by atoms with Crippen molar-refractivity contribution in [1.29, 1.82) is 0 Å². The quantitative estimate of drug-likeness (QED) is 0.658. The summed E-state index contributed by atoms with van der Waals surface area (Å²) in [5.41, 5.74) is 0.304. The highest BCUT2D eigenvalue weighted by Crippen LogP contribution is 2.21. The Hall–Kier alpha value is -0.0800. The standard InChI is InChI=1S/C12H26O2/c1-11(2,3)7-10-14-12(4,5)8-9-13-6/h7-10H2,1-6H3. The molecule has 2 heteroatoms. The summed E-state index contributed by atoms with van der Waals surface area (Å²) < 4.78 is 10.9. The maximum absolute atomic E-state index is 5.83. The average Bonchev–Trinajstić information content (AvgIpc) is 1.98. The molecule has 14 heavy (non-hydrogen) atoms. The molecule has 2 nitrogen and oxygen atoms in total. The molecule has 0 bridgehead atoms. The molecule has 0 aromatic carbocycles. The predicted octanol–water partition coefficient (Wildman–Crippen LogP) is 3.25. The molecule has 0 aliphatic heterocycles. The largest absolute Gasteiger partial charge is 0.385 e. The monoisotopic (exact) mass is 202 g/mol. The van der Waals surface area contributed by atoms with E-state index in [2.05, 4.69) is 34.6 Å². The Bertz CT molecular complexity index is 145. The summed E-state index contributed by atoms with van der Waals surface area (Å²) in [6.45, 7) is 12.5. The van der Waals surface area contributed by atoms with Gasteiger partial charge in [-0.2, -0.15) is 0 Å². The van der Waals surface area contributed by atoms with E-state index in [0.29, 0.717) is 5.41 Å². The first-order valence-electron chi connectivity index (χ1n) is 5.40. The summed E-state index contributed by atoms with van der Waals surface area (Å²) in [5.74, 6) is 0. The van der Waals surface area contributed by atoms with E-state index in [0.717, 1.165) is 26.1 Å². The van der Waals surface area contributed by atoms with Crippen LogP contribution in [0, 0.1) is 5.41 Å². The van der Waals surface area contributed by atoms with Gasteiger partial charge in [0, 0.05) is 20.3 Å². The minimum Gasteiger partial charge on any atom is -0.385 e. The Morgan fingerprint density at radius 1 is 0.857 bits per heavy atom. The third-order valence-corrected chi connectivity index (χ3v) is 2.25. The Morgan fingerprint density at radius 3 is 1.86 bits per heavy atom. The van der Waals surface area contributed by atoms with Gasteiger partial charge < -0.3 is 9.47 Å². The van der Waals surface area contributed by atoms with Crippen molar-refractivity contribution in [1.82, 2.24) is 0 Å². The molecule has 0 aliphatic carbocycles. The lowest BCUT2D eigenvalue weighted by Crippen LogP contribution is -2.27. The average molecular weight is 202 g/mol. The highest BCUT2D eigenvalue weighted by molar-refractivity contribution is 4.69. The van der Waals surface area contributed by atoms with E-state index in [1.165, 1.54) is 0 Å². The molecule has 0 atom stereocenters. The van der Waals surface area contributed by atoms with E-state index in [-0.39, 0.29) is 5.60 Å². The SMILES string of the molecule is COCCC(C)(C)OCCC(C)(C)C. The van der Waals surface area contributed by atoms with E-state index < -0.39 is 0 Å². The van der Waals surface area contributed by atoms with E-state index >= 15 is 0 Å². The van der Waals surface area contributed by atoms with Crippen LogP contribution >= 0.6 is 0 Å². The molecule has 86 valence electrons. The Morgan fingerprint density at radius 2 is 1.43 bits per heavy atom. The van der Waals surface area contributed by atoms with E-state index in [4.69, 9.17) is 9.47 Å². The van der Waals surface area contributed by atoms with Gasteiger partial charge in [0.2, 0.25) is 0 Å². The van der Waals surface area contributed by atoms with Gasteiger partial charge in [-0.15, -0.1) is 0 Å². The second-order valence-electron chi connectivity index (χ2n) is 5.66. The fraction of sp³-hybridized carbons (Fsp3) is 1.00. The Labute approximate surface area is 89.0 Å². The summed E-state index contributed by atoms with van der Waals surface area (Å²) in [6, 6.07) is 0. The van der Waals surface area contributed by atoms with Gasteiger partial charge >= 0.3 is 0 Å². The van der Waals surface area contributed by atoms with Crippen molar-refractivity contribution in [2.45, 2.75) is 53.1 Å². The lowest BCUT2D eigenvalue weighted by atomic mass is 9.93. The van der Waals surface area contributed by atoms with Crippen LogP contribution in [0.25, 0.3) is 0 Å². The van der Waals surface area contributed by atoms with Gasteiger partial charge in [0.1, 0.15) is 0 Å². The summed E-state index contributed by atoms with van der Waals surface area (Å²) in [4.78, 5) is 0. The van der Waals surface area contributed by atoms with Crippen LogP contribution < -0.4 is 0 Å². The molecule has 0 rings (SSSR count). The highest BCUT2D eigenvalue weighted by atomic mass is 16.5. The van der Waals surface area contributed by atoms with Gasteiger partial charge in [-0.25, -0.2) is 0 Å².